The number of benzene rings is 2. The highest BCUT2D eigenvalue weighted by molar-refractivity contribution is 7.22. The molecular weight excluding hydrogens is 447 g/mol. The van der Waals surface area contributed by atoms with Gasteiger partial charge in [0.1, 0.15) is 5.75 Å². The van der Waals surface area contributed by atoms with E-state index in [1.807, 2.05) is 6.92 Å². The van der Waals surface area contributed by atoms with Gasteiger partial charge in [-0.25, -0.2) is 9.78 Å². The fourth-order valence-corrected chi connectivity index (χ4v) is 4.23. The fraction of sp³-hybridized carbons (Fsp3) is 0.286. The summed E-state index contributed by atoms with van der Waals surface area (Å²) < 4.78 is 11.5. The molecule has 0 bridgehead atoms. The van der Waals surface area contributed by atoms with Crippen molar-refractivity contribution in [1.82, 2.24) is 4.98 Å². The van der Waals surface area contributed by atoms with Gasteiger partial charge in [0.05, 0.1) is 27.4 Å². The van der Waals surface area contributed by atoms with Gasteiger partial charge >= 0.3 is 5.97 Å². The Labute approximate surface area is 188 Å². The van der Waals surface area contributed by atoms with E-state index in [2.05, 4.69) is 10.3 Å². The molecular formula is C21H20Cl2N2O4S. The number of aryl methyl sites for hydroxylation is 1. The number of ether oxygens (including phenoxy) is 2. The summed E-state index contributed by atoms with van der Waals surface area (Å²) >= 11 is 13.3. The van der Waals surface area contributed by atoms with E-state index in [9.17, 15) is 9.59 Å². The number of anilines is 1. The summed E-state index contributed by atoms with van der Waals surface area (Å²) in [5, 5.41) is 3.95. The lowest BCUT2D eigenvalue weighted by Gasteiger charge is -2.10. The van der Waals surface area contributed by atoms with Crippen LogP contribution in [0.4, 0.5) is 5.13 Å². The van der Waals surface area contributed by atoms with Crippen molar-refractivity contribution in [2.24, 2.45) is 0 Å². The standard InChI is InChI=1S/C21H20Cl2N2O4S/c1-3-4-7-28-20(27)13-5-6-16-17(9-13)30-21(24-16)25-18(26)11-29-19-12(2)8-14(22)10-15(19)23/h5-6,8-10H,3-4,7,11H2,1-2H3,(H,24,25,26). The van der Waals surface area contributed by atoms with Gasteiger partial charge < -0.3 is 9.47 Å². The van der Waals surface area contributed by atoms with Crippen LogP contribution in [0.3, 0.4) is 0 Å². The van der Waals surface area contributed by atoms with Crippen LogP contribution in [-0.2, 0) is 9.53 Å². The minimum absolute atomic E-state index is 0.229. The Bertz CT molecular complexity index is 1060. The second-order valence-electron chi connectivity index (χ2n) is 6.56. The maximum absolute atomic E-state index is 12.3. The molecule has 1 N–H and O–H groups in total. The summed E-state index contributed by atoms with van der Waals surface area (Å²) in [5.41, 5.74) is 1.87. The van der Waals surface area contributed by atoms with E-state index in [0.29, 0.717) is 38.6 Å². The highest BCUT2D eigenvalue weighted by Crippen LogP contribution is 2.32. The minimum atomic E-state index is -0.376. The number of rotatable bonds is 8. The van der Waals surface area contributed by atoms with Crippen LogP contribution in [-0.4, -0.2) is 30.1 Å². The first-order valence-corrected chi connectivity index (χ1v) is 10.9. The first-order chi connectivity index (χ1) is 14.4. The summed E-state index contributed by atoms with van der Waals surface area (Å²) in [6.45, 7) is 3.99. The van der Waals surface area contributed by atoms with Crippen LogP contribution in [0.25, 0.3) is 10.2 Å². The molecule has 0 radical (unpaired) electrons. The molecule has 0 aliphatic carbocycles. The Kier molecular flexibility index (Phi) is 7.53. The molecule has 0 fully saturated rings. The van der Waals surface area contributed by atoms with Crippen molar-refractivity contribution >= 4 is 61.8 Å². The maximum Gasteiger partial charge on any atom is 0.338 e. The Hall–Kier alpha value is -2.35. The van der Waals surface area contributed by atoms with E-state index in [0.717, 1.165) is 23.1 Å². The van der Waals surface area contributed by atoms with E-state index in [1.165, 1.54) is 11.3 Å². The molecule has 0 spiro atoms. The van der Waals surface area contributed by atoms with Crippen LogP contribution < -0.4 is 10.1 Å². The topological polar surface area (TPSA) is 77.5 Å². The number of nitrogens with zero attached hydrogens (tertiary/aromatic N) is 1. The summed E-state index contributed by atoms with van der Waals surface area (Å²) in [4.78, 5) is 28.7. The van der Waals surface area contributed by atoms with Crippen LogP contribution in [0.2, 0.25) is 10.0 Å². The number of aromatic nitrogens is 1. The predicted octanol–water partition coefficient (Wildman–Crippen LogP) is 5.89. The van der Waals surface area contributed by atoms with Gasteiger partial charge in [-0.05, 0) is 49.2 Å². The van der Waals surface area contributed by atoms with Crippen LogP contribution >= 0.6 is 34.5 Å². The van der Waals surface area contributed by atoms with Crippen LogP contribution in [0, 0.1) is 6.92 Å². The largest absolute Gasteiger partial charge is 0.482 e. The molecule has 2 aromatic carbocycles. The molecule has 1 heterocycles. The second-order valence-corrected chi connectivity index (χ2v) is 8.44. The number of carbonyl (C=O) groups excluding carboxylic acids is 2. The van der Waals surface area contributed by atoms with Gasteiger partial charge in [-0.2, -0.15) is 0 Å². The van der Waals surface area contributed by atoms with Crippen molar-refractivity contribution < 1.29 is 19.1 Å². The van der Waals surface area contributed by atoms with Gasteiger partial charge in [0.15, 0.2) is 11.7 Å². The summed E-state index contributed by atoms with van der Waals surface area (Å²) in [5.74, 6) is -0.335. The number of unbranched alkanes of at least 4 members (excludes halogenated alkanes) is 1. The van der Waals surface area contributed by atoms with Gasteiger partial charge in [0, 0.05) is 5.02 Å². The number of halogens is 2. The summed E-state index contributed by atoms with van der Waals surface area (Å²) in [6.07, 6.45) is 1.78. The average Bonchev–Trinajstić information content (AvgIpc) is 3.08. The molecule has 6 nitrogen and oxygen atoms in total. The molecule has 9 heteroatoms. The highest BCUT2D eigenvalue weighted by Gasteiger charge is 2.14. The second kappa shape index (κ2) is 10.1. The van der Waals surface area contributed by atoms with Crippen molar-refractivity contribution in [1.29, 1.82) is 0 Å². The number of amides is 1. The SMILES string of the molecule is CCCCOC(=O)c1ccc2nc(NC(=O)COc3c(C)cc(Cl)cc3Cl)sc2c1. The monoisotopic (exact) mass is 466 g/mol. The molecule has 158 valence electrons. The Morgan fingerprint density at radius 1 is 1.20 bits per heavy atom. The number of hydrogen-bond donors (Lipinski definition) is 1. The van der Waals surface area contributed by atoms with Gasteiger partial charge in [0.2, 0.25) is 0 Å². The highest BCUT2D eigenvalue weighted by atomic mass is 35.5. The first kappa shape index (κ1) is 22.3. The Balaban J connectivity index is 1.63. The first-order valence-electron chi connectivity index (χ1n) is 9.33. The van der Waals surface area contributed by atoms with E-state index in [4.69, 9.17) is 32.7 Å². The molecule has 0 saturated carbocycles. The molecule has 0 unspecified atom stereocenters. The molecule has 0 aliphatic heterocycles. The van der Waals surface area contributed by atoms with Crippen molar-refractivity contribution in [3.63, 3.8) is 0 Å². The predicted molar refractivity (Wildman–Crippen MR) is 120 cm³/mol. The summed E-state index contributed by atoms with van der Waals surface area (Å²) in [7, 11) is 0. The van der Waals surface area contributed by atoms with E-state index < -0.39 is 0 Å². The van der Waals surface area contributed by atoms with E-state index >= 15 is 0 Å². The zero-order chi connectivity index (χ0) is 21.7. The maximum atomic E-state index is 12.3. The lowest BCUT2D eigenvalue weighted by molar-refractivity contribution is -0.118. The number of carbonyl (C=O) groups is 2. The lowest BCUT2D eigenvalue weighted by atomic mass is 10.2. The third kappa shape index (κ3) is 5.62. The molecule has 3 aromatic rings. The Morgan fingerprint density at radius 3 is 2.73 bits per heavy atom. The molecule has 1 amide bonds. The zero-order valence-electron chi connectivity index (χ0n) is 16.5. The average molecular weight is 467 g/mol. The molecule has 30 heavy (non-hydrogen) atoms. The summed E-state index contributed by atoms with van der Waals surface area (Å²) in [6, 6.07) is 8.37. The van der Waals surface area contributed by atoms with Gasteiger partial charge in [-0.3, -0.25) is 10.1 Å². The van der Waals surface area contributed by atoms with Crippen LogP contribution in [0.5, 0.6) is 5.75 Å². The quantitative estimate of drug-likeness (QED) is 0.330. The van der Waals surface area contributed by atoms with Crippen molar-refractivity contribution in [3.8, 4) is 5.75 Å². The number of thiazole rings is 1. The van der Waals surface area contributed by atoms with Crippen molar-refractivity contribution in [2.45, 2.75) is 26.7 Å². The van der Waals surface area contributed by atoms with Crippen molar-refractivity contribution in [3.05, 3.63) is 51.5 Å². The van der Waals surface area contributed by atoms with Crippen molar-refractivity contribution in [2.75, 3.05) is 18.5 Å². The third-order valence-corrected chi connectivity index (χ3v) is 5.58. The number of hydrogen-bond acceptors (Lipinski definition) is 6. The van der Waals surface area contributed by atoms with Gasteiger partial charge in [0.25, 0.3) is 5.91 Å². The lowest BCUT2D eigenvalue weighted by Crippen LogP contribution is -2.20. The third-order valence-electron chi connectivity index (χ3n) is 4.14. The van der Waals surface area contributed by atoms with Gasteiger partial charge in [-0.1, -0.05) is 47.9 Å². The zero-order valence-corrected chi connectivity index (χ0v) is 18.8. The molecule has 1 aromatic heterocycles. The van der Waals surface area contributed by atoms with E-state index in [-0.39, 0.29) is 18.5 Å². The molecule has 0 atom stereocenters. The fourth-order valence-electron chi connectivity index (χ4n) is 2.66. The van der Waals surface area contributed by atoms with Crippen LogP contribution in [0.15, 0.2) is 30.3 Å². The molecule has 3 rings (SSSR count). The minimum Gasteiger partial charge on any atom is -0.482 e. The molecule has 0 saturated heterocycles. The van der Waals surface area contributed by atoms with E-state index in [1.54, 1.807) is 37.3 Å². The van der Waals surface area contributed by atoms with Crippen LogP contribution in [0.1, 0.15) is 35.7 Å². The number of esters is 1. The smallest absolute Gasteiger partial charge is 0.338 e. The molecule has 0 aliphatic rings. The number of fused-ring (bicyclic) bond motifs is 1. The Morgan fingerprint density at radius 2 is 2.00 bits per heavy atom. The normalized spacial score (nSPS) is 10.8. The van der Waals surface area contributed by atoms with Gasteiger partial charge in [-0.15, -0.1) is 0 Å². The number of nitrogens with one attached hydrogen (secondary N) is 1.